The molecule has 3 aliphatic rings. The Balaban J connectivity index is 1.17. The highest BCUT2D eigenvalue weighted by Gasteiger charge is 2.53. The van der Waals surface area contributed by atoms with E-state index < -0.39 is 24.3 Å². The summed E-state index contributed by atoms with van der Waals surface area (Å²) in [4.78, 5) is 34.9. The molecule has 1 aromatic heterocycles. The van der Waals surface area contributed by atoms with Gasteiger partial charge in [-0.1, -0.05) is 44.2 Å². The van der Waals surface area contributed by atoms with E-state index >= 15 is 0 Å². The van der Waals surface area contributed by atoms with Crippen LogP contribution in [0.25, 0.3) is 11.1 Å². The number of amides is 3. The molecule has 12 nitrogen and oxygen atoms in total. The molecule has 2 aliphatic heterocycles. The monoisotopic (exact) mass is 635 g/mol. The van der Waals surface area contributed by atoms with E-state index in [0.717, 1.165) is 24.8 Å². The number of rotatable bonds is 12. The number of anilines is 2. The Labute approximate surface area is 269 Å². The van der Waals surface area contributed by atoms with Gasteiger partial charge in [0.1, 0.15) is 11.6 Å². The molecule has 3 N–H and O–H groups in total. The van der Waals surface area contributed by atoms with Gasteiger partial charge in [-0.25, -0.2) is 9.59 Å². The zero-order valence-corrected chi connectivity index (χ0v) is 26.9. The van der Waals surface area contributed by atoms with Crippen molar-refractivity contribution in [2.45, 2.75) is 70.2 Å². The van der Waals surface area contributed by atoms with E-state index in [2.05, 4.69) is 29.5 Å². The number of aliphatic hydroxyl groups is 1. The predicted molar refractivity (Wildman–Crippen MR) is 173 cm³/mol. The third-order valence-corrected chi connectivity index (χ3v) is 9.36. The van der Waals surface area contributed by atoms with Gasteiger partial charge in [0.05, 0.1) is 31.4 Å². The Bertz CT molecular complexity index is 1490. The Kier molecular flexibility index (Phi) is 9.67. The summed E-state index contributed by atoms with van der Waals surface area (Å²) < 4.78 is 23.4. The van der Waals surface area contributed by atoms with Gasteiger partial charge in [0.25, 0.3) is 6.01 Å². The largest absolute Gasteiger partial charge is 0.443 e. The first-order chi connectivity index (χ1) is 22.2. The average molecular weight is 636 g/mol. The number of oxazole rings is 1. The van der Waals surface area contributed by atoms with E-state index in [-0.39, 0.29) is 30.9 Å². The topological polar surface area (TPSA) is 139 Å². The molecule has 7 atom stereocenters. The minimum atomic E-state index is -1.08. The van der Waals surface area contributed by atoms with E-state index in [1.807, 2.05) is 30.3 Å². The highest BCUT2D eigenvalue weighted by atomic mass is 16.7. The fourth-order valence-electron chi connectivity index (χ4n) is 6.77. The number of hydrogen-bond donors (Lipinski definition) is 3. The number of fused-ring (bicyclic) bond motifs is 3. The molecule has 12 heteroatoms. The lowest BCUT2D eigenvalue weighted by molar-refractivity contribution is -0.153. The van der Waals surface area contributed by atoms with Crippen molar-refractivity contribution in [2.24, 2.45) is 17.8 Å². The van der Waals surface area contributed by atoms with Crippen molar-refractivity contribution in [3.8, 4) is 0 Å². The fourth-order valence-corrected chi connectivity index (χ4v) is 6.77. The number of aliphatic hydroxyl groups excluding tert-OH is 1. The van der Waals surface area contributed by atoms with Crippen molar-refractivity contribution in [3.05, 3.63) is 54.1 Å². The van der Waals surface area contributed by atoms with Crippen molar-refractivity contribution in [1.82, 2.24) is 15.2 Å². The highest BCUT2D eigenvalue weighted by Crippen LogP contribution is 2.46. The third-order valence-electron chi connectivity index (χ3n) is 9.36. The standard InChI is InChI=1S/C34H45N5O7/c1-20(2)12-13-39(34(42)38(4)24-10-11-28-26(17-24)36-32(35-3)45-28)18-27(40)25(14-21-8-6-5-7-9-21)37-33(41)46-30-23-15-22-16-29(30)44-31(22)43-19-23/h5-11,17,20,22-23,25,27,29-31,40H,12-16,18-19H2,1-4H3,(H,35,36)(H,37,41)/t22?,23?,25-,27+,29?,30-,31?/m0/s1. The zero-order chi connectivity index (χ0) is 32.4. The molecule has 4 unspecified atom stereocenters. The third kappa shape index (κ3) is 7.08. The maximum absolute atomic E-state index is 13.9. The number of benzene rings is 2. The first-order valence-corrected chi connectivity index (χ1v) is 16.3. The number of carbonyl (C=O) groups excluding carboxylic acids is 2. The van der Waals surface area contributed by atoms with Gasteiger partial charge >= 0.3 is 12.1 Å². The van der Waals surface area contributed by atoms with Crippen LogP contribution in [0.4, 0.5) is 21.3 Å². The van der Waals surface area contributed by atoms with Crippen molar-refractivity contribution in [2.75, 3.05) is 44.0 Å². The summed E-state index contributed by atoms with van der Waals surface area (Å²) in [5, 5.41) is 17.5. The molecule has 0 spiro atoms. The number of urea groups is 1. The van der Waals surface area contributed by atoms with Crippen molar-refractivity contribution in [3.63, 3.8) is 0 Å². The molecule has 1 aliphatic carbocycles. The summed E-state index contributed by atoms with van der Waals surface area (Å²) in [6.45, 7) is 5.14. The van der Waals surface area contributed by atoms with E-state index in [1.54, 1.807) is 42.1 Å². The number of hydrogen-bond acceptors (Lipinski definition) is 9. The van der Waals surface area contributed by atoms with Crippen LogP contribution in [0.1, 0.15) is 38.7 Å². The van der Waals surface area contributed by atoms with E-state index in [1.165, 1.54) is 0 Å². The van der Waals surface area contributed by atoms with Gasteiger partial charge in [-0.3, -0.25) is 4.90 Å². The number of nitrogens with one attached hydrogen (secondary N) is 2. The summed E-state index contributed by atoms with van der Waals surface area (Å²) >= 11 is 0. The van der Waals surface area contributed by atoms with Crippen LogP contribution in [0, 0.1) is 17.8 Å². The summed E-state index contributed by atoms with van der Waals surface area (Å²) in [6.07, 6.45) is 0.355. The highest BCUT2D eigenvalue weighted by molar-refractivity contribution is 5.93. The molecule has 6 rings (SSSR count). The number of alkyl carbamates (subject to hydrolysis) is 1. The molecule has 3 bridgehead atoms. The average Bonchev–Trinajstić information content (AvgIpc) is 3.60. The molecule has 2 saturated heterocycles. The lowest BCUT2D eigenvalue weighted by Gasteiger charge is -2.37. The SMILES string of the molecule is CNc1nc2cc(N(C)C(=O)N(CCC(C)C)C[C@@H](O)[C@H](Cc3ccccc3)NC(=O)O[C@H]3C4COC5OC3CC5C4)ccc2o1. The molecular weight excluding hydrogens is 590 g/mol. The van der Waals surface area contributed by atoms with Crippen LogP contribution in [-0.2, 0) is 20.6 Å². The smallest absolute Gasteiger partial charge is 0.407 e. The first kappa shape index (κ1) is 32.1. The normalized spacial score (nSPS) is 24.5. The molecule has 3 heterocycles. The van der Waals surface area contributed by atoms with Crippen LogP contribution in [0.15, 0.2) is 52.9 Å². The first-order valence-electron chi connectivity index (χ1n) is 16.3. The van der Waals surface area contributed by atoms with Crippen LogP contribution in [0.5, 0.6) is 0 Å². The second-order valence-electron chi connectivity index (χ2n) is 13.1. The van der Waals surface area contributed by atoms with Gasteiger partial charge in [0.15, 0.2) is 11.9 Å². The number of aromatic nitrogens is 1. The van der Waals surface area contributed by atoms with Crippen LogP contribution >= 0.6 is 0 Å². The minimum absolute atomic E-state index is 0.0127. The molecule has 46 heavy (non-hydrogen) atoms. The molecule has 248 valence electrons. The summed E-state index contributed by atoms with van der Waals surface area (Å²) in [5.74, 6) is 0.784. The molecule has 3 amide bonds. The van der Waals surface area contributed by atoms with Gasteiger partial charge in [-0.15, -0.1) is 0 Å². The van der Waals surface area contributed by atoms with Crippen LogP contribution in [0.2, 0.25) is 0 Å². The minimum Gasteiger partial charge on any atom is -0.443 e. The molecule has 2 aromatic carbocycles. The van der Waals surface area contributed by atoms with E-state index in [0.29, 0.717) is 54.2 Å². The van der Waals surface area contributed by atoms with Crippen molar-refractivity contribution in [1.29, 1.82) is 0 Å². The van der Waals surface area contributed by atoms with Crippen LogP contribution < -0.4 is 15.5 Å². The Morgan fingerprint density at radius 3 is 2.70 bits per heavy atom. The number of ether oxygens (including phenoxy) is 3. The number of nitrogens with zero attached hydrogens (tertiary/aromatic N) is 3. The lowest BCUT2D eigenvalue weighted by atomic mass is 9.78. The maximum Gasteiger partial charge on any atom is 0.407 e. The molecular formula is C34H45N5O7. The van der Waals surface area contributed by atoms with Crippen LogP contribution in [-0.4, -0.2) is 91.6 Å². The molecule has 3 aromatic rings. The Morgan fingerprint density at radius 2 is 1.93 bits per heavy atom. The summed E-state index contributed by atoms with van der Waals surface area (Å²) in [6, 6.07) is 14.4. The van der Waals surface area contributed by atoms with Gasteiger partial charge in [-0.05, 0) is 55.4 Å². The van der Waals surface area contributed by atoms with Crippen molar-refractivity contribution >= 4 is 34.9 Å². The molecule has 3 fully saturated rings. The lowest BCUT2D eigenvalue weighted by Crippen LogP contribution is -2.54. The Morgan fingerprint density at radius 1 is 1.13 bits per heavy atom. The second kappa shape index (κ2) is 13.9. The Hall–Kier alpha value is -3.87. The van der Waals surface area contributed by atoms with Gasteiger partial charge in [0.2, 0.25) is 0 Å². The van der Waals surface area contributed by atoms with Gasteiger partial charge in [0, 0.05) is 38.2 Å². The van der Waals surface area contributed by atoms with Crippen LogP contribution in [0.3, 0.4) is 0 Å². The maximum atomic E-state index is 13.9. The zero-order valence-electron chi connectivity index (χ0n) is 26.9. The quantitative estimate of drug-likeness (QED) is 0.260. The van der Waals surface area contributed by atoms with E-state index in [4.69, 9.17) is 18.6 Å². The number of carbonyl (C=O) groups is 2. The fraction of sp³-hybridized carbons (Fsp3) is 0.559. The molecule has 1 saturated carbocycles. The van der Waals surface area contributed by atoms with Gasteiger partial charge < -0.3 is 39.3 Å². The van der Waals surface area contributed by atoms with Crippen molar-refractivity contribution < 1.29 is 33.3 Å². The summed E-state index contributed by atoms with van der Waals surface area (Å²) in [7, 11) is 3.43. The second-order valence-corrected chi connectivity index (χ2v) is 13.1. The van der Waals surface area contributed by atoms with E-state index in [9.17, 15) is 14.7 Å². The predicted octanol–water partition coefficient (Wildman–Crippen LogP) is 4.62. The van der Waals surface area contributed by atoms with Gasteiger partial charge in [-0.2, -0.15) is 4.98 Å². The summed E-state index contributed by atoms with van der Waals surface area (Å²) in [5.41, 5.74) is 2.81. The molecule has 0 radical (unpaired) electrons.